The molecule has 0 bridgehead atoms. The van der Waals surface area contributed by atoms with Crippen molar-refractivity contribution in [2.45, 2.75) is 39.2 Å². The maximum Gasteiger partial charge on any atom is 0.407 e. The lowest BCUT2D eigenvalue weighted by Crippen LogP contribution is -2.42. The molecule has 0 radical (unpaired) electrons. The first-order valence-electron chi connectivity index (χ1n) is 6.08. The fourth-order valence-corrected chi connectivity index (χ4v) is 1.92. The molecule has 0 fully saturated rings. The lowest BCUT2D eigenvalue weighted by atomic mass is 9.81. The Morgan fingerprint density at radius 1 is 1.61 bits per heavy atom. The maximum absolute atomic E-state index is 11.9. The summed E-state index contributed by atoms with van der Waals surface area (Å²) in [6.07, 6.45) is 5.80. The lowest BCUT2D eigenvalue weighted by molar-refractivity contribution is -0.122. The Morgan fingerprint density at radius 2 is 2.28 bits per heavy atom. The summed E-state index contributed by atoms with van der Waals surface area (Å²) in [6.45, 7) is 9.34. The van der Waals surface area contributed by atoms with Gasteiger partial charge in [-0.1, -0.05) is 12.2 Å². The minimum absolute atomic E-state index is 0.0402. The van der Waals surface area contributed by atoms with Gasteiger partial charge in [-0.25, -0.2) is 4.79 Å². The van der Waals surface area contributed by atoms with Gasteiger partial charge < -0.3 is 10.1 Å². The average molecular weight is 251 g/mol. The van der Waals surface area contributed by atoms with Gasteiger partial charge >= 0.3 is 6.09 Å². The number of ether oxygens (including phenoxy) is 1. The van der Waals surface area contributed by atoms with Crippen LogP contribution in [-0.2, 0) is 9.53 Å². The number of hydrogen-bond acceptors (Lipinski definition) is 3. The molecule has 0 aromatic rings. The summed E-state index contributed by atoms with van der Waals surface area (Å²) in [7, 11) is 0. The molecule has 0 aromatic heterocycles. The largest absolute Gasteiger partial charge is 0.444 e. The zero-order chi connectivity index (χ0) is 13.8. The molecule has 1 aliphatic carbocycles. The van der Waals surface area contributed by atoms with Crippen LogP contribution in [0.4, 0.5) is 4.79 Å². The predicted molar refractivity (Wildman–Crippen MR) is 70.2 cm³/mol. The van der Waals surface area contributed by atoms with Crippen LogP contribution in [0.2, 0.25) is 0 Å². The molecule has 1 amide bonds. The molecule has 0 aliphatic heterocycles. The molecule has 0 saturated carbocycles. The van der Waals surface area contributed by atoms with E-state index in [2.05, 4.69) is 11.9 Å². The van der Waals surface area contributed by atoms with Gasteiger partial charge in [-0.3, -0.25) is 4.79 Å². The standard InChI is InChI=1S/C14H21NO3/c1-5-8-14(9-6-7-11(14)16)10-15-12(17)18-13(2,3)4/h5-7H,1,8-10H2,2-4H3,(H,15,17)/t14-/m0/s1. The van der Waals surface area contributed by atoms with Crippen LogP contribution < -0.4 is 5.32 Å². The molecule has 0 unspecified atom stereocenters. The van der Waals surface area contributed by atoms with Gasteiger partial charge in [0.05, 0.1) is 5.41 Å². The second kappa shape index (κ2) is 5.38. The Hall–Kier alpha value is -1.58. The van der Waals surface area contributed by atoms with E-state index in [1.807, 2.05) is 6.08 Å². The van der Waals surface area contributed by atoms with Crippen LogP contribution in [0.5, 0.6) is 0 Å². The first-order valence-corrected chi connectivity index (χ1v) is 6.08. The van der Waals surface area contributed by atoms with Crippen molar-refractivity contribution in [3.05, 3.63) is 24.8 Å². The van der Waals surface area contributed by atoms with E-state index in [0.717, 1.165) is 0 Å². The van der Waals surface area contributed by atoms with E-state index in [-0.39, 0.29) is 12.3 Å². The van der Waals surface area contributed by atoms with Crippen LogP contribution >= 0.6 is 0 Å². The summed E-state index contributed by atoms with van der Waals surface area (Å²) < 4.78 is 5.15. The predicted octanol–water partition coefficient (Wildman–Crippen LogP) is 2.60. The van der Waals surface area contributed by atoms with Gasteiger partial charge in [-0.15, -0.1) is 6.58 Å². The van der Waals surface area contributed by atoms with Crippen LogP contribution in [0.3, 0.4) is 0 Å². The molecule has 0 heterocycles. The van der Waals surface area contributed by atoms with Gasteiger partial charge in [0.25, 0.3) is 0 Å². The van der Waals surface area contributed by atoms with Crippen LogP contribution in [0.15, 0.2) is 24.8 Å². The maximum atomic E-state index is 11.9. The molecule has 4 heteroatoms. The topological polar surface area (TPSA) is 55.4 Å². The van der Waals surface area contributed by atoms with Crippen molar-refractivity contribution >= 4 is 11.9 Å². The lowest BCUT2D eigenvalue weighted by Gasteiger charge is -2.27. The number of rotatable bonds is 4. The highest BCUT2D eigenvalue weighted by Crippen LogP contribution is 2.33. The first kappa shape index (κ1) is 14.5. The Morgan fingerprint density at radius 3 is 2.72 bits per heavy atom. The second-order valence-corrected chi connectivity index (χ2v) is 5.60. The molecule has 100 valence electrons. The van der Waals surface area contributed by atoms with E-state index < -0.39 is 17.1 Å². The zero-order valence-electron chi connectivity index (χ0n) is 11.3. The van der Waals surface area contributed by atoms with Crippen molar-refractivity contribution in [1.29, 1.82) is 0 Å². The van der Waals surface area contributed by atoms with E-state index >= 15 is 0 Å². The van der Waals surface area contributed by atoms with Crippen molar-refractivity contribution in [2.75, 3.05) is 6.54 Å². The van der Waals surface area contributed by atoms with Crippen LogP contribution in [0.25, 0.3) is 0 Å². The fourth-order valence-electron chi connectivity index (χ4n) is 1.92. The minimum Gasteiger partial charge on any atom is -0.444 e. The summed E-state index contributed by atoms with van der Waals surface area (Å²) in [6, 6.07) is 0. The highest BCUT2D eigenvalue weighted by Gasteiger charge is 2.38. The molecule has 1 N–H and O–H groups in total. The zero-order valence-corrected chi connectivity index (χ0v) is 11.3. The van der Waals surface area contributed by atoms with E-state index in [1.165, 1.54) is 0 Å². The van der Waals surface area contributed by atoms with Crippen LogP contribution in [-0.4, -0.2) is 24.0 Å². The second-order valence-electron chi connectivity index (χ2n) is 5.60. The molecular weight excluding hydrogens is 230 g/mol. The Bertz CT molecular complexity index is 379. The Balaban J connectivity index is 2.57. The number of amides is 1. The van der Waals surface area contributed by atoms with Gasteiger partial charge in [-0.2, -0.15) is 0 Å². The van der Waals surface area contributed by atoms with Gasteiger partial charge in [0, 0.05) is 6.54 Å². The number of nitrogens with one attached hydrogen (secondary N) is 1. The Kier molecular flexibility index (Phi) is 4.33. The van der Waals surface area contributed by atoms with Crippen molar-refractivity contribution < 1.29 is 14.3 Å². The van der Waals surface area contributed by atoms with E-state index in [9.17, 15) is 9.59 Å². The molecule has 1 rings (SSSR count). The van der Waals surface area contributed by atoms with Gasteiger partial charge in [0.2, 0.25) is 0 Å². The third-order valence-corrected chi connectivity index (χ3v) is 2.81. The Labute approximate surface area is 108 Å². The summed E-state index contributed by atoms with van der Waals surface area (Å²) in [5.74, 6) is 0.0402. The molecule has 0 aromatic carbocycles. The monoisotopic (exact) mass is 251 g/mol. The van der Waals surface area contributed by atoms with E-state index in [4.69, 9.17) is 4.74 Å². The summed E-state index contributed by atoms with van der Waals surface area (Å²) in [4.78, 5) is 23.4. The minimum atomic E-state index is -0.571. The summed E-state index contributed by atoms with van der Waals surface area (Å²) in [5, 5.41) is 2.67. The highest BCUT2D eigenvalue weighted by molar-refractivity contribution is 5.97. The van der Waals surface area contributed by atoms with Gasteiger partial charge in [0.15, 0.2) is 5.78 Å². The van der Waals surface area contributed by atoms with Crippen molar-refractivity contribution in [3.8, 4) is 0 Å². The normalized spacial score (nSPS) is 22.9. The van der Waals surface area contributed by atoms with Gasteiger partial charge in [0.1, 0.15) is 5.60 Å². The van der Waals surface area contributed by atoms with Gasteiger partial charge in [-0.05, 0) is 39.7 Å². The third-order valence-electron chi connectivity index (χ3n) is 2.81. The third kappa shape index (κ3) is 3.72. The first-order chi connectivity index (χ1) is 8.29. The van der Waals surface area contributed by atoms with Crippen molar-refractivity contribution in [2.24, 2.45) is 5.41 Å². The summed E-state index contributed by atoms with van der Waals surface area (Å²) in [5.41, 5.74) is -1.10. The SMILES string of the molecule is C=CC[C@@]1(CNC(=O)OC(C)(C)C)CC=CC1=O. The number of allylic oxidation sites excluding steroid dienone is 3. The molecule has 4 nitrogen and oxygen atoms in total. The molecule has 1 atom stereocenters. The number of carbonyl (C=O) groups excluding carboxylic acids is 2. The van der Waals surface area contributed by atoms with E-state index in [1.54, 1.807) is 32.9 Å². The quantitative estimate of drug-likeness (QED) is 0.781. The van der Waals surface area contributed by atoms with Crippen LogP contribution in [0, 0.1) is 5.41 Å². The molecule has 18 heavy (non-hydrogen) atoms. The molecule has 1 aliphatic rings. The molecule has 0 saturated heterocycles. The number of hydrogen-bond donors (Lipinski definition) is 1. The fraction of sp³-hybridized carbons (Fsp3) is 0.571. The summed E-state index contributed by atoms with van der Waals surface area (Å²) >= 11 is 0. The number of carbonyl (C=O) groups is 2. The van der Waals surface area contributed by atoms with Crippen LogP contribution in [0.1, 0.15) is 33.6 Å². The highest BCUT2D eigenvalue weighted by atomic mass is 16.6. The van der Waals surface area contributed by atoms with Crippen molar-refractivity contribution in [1.82, 2.24) is 5.32 Å². The number of alkyl carbamates (subject to hydrolysis) is 1. The smallest absolute Gasteiger partial charge is 0.407 e. The molecular formula is C14H21NO3. The number of ketones is 1. The van der Waals surface area contributed by atoms with E-state index in [0.29, 0.717) is 12.8 Å². The molecule has 0 spiro atoms. The van der Waals surface area contributed by atoms with Crippen molar-refractivity contribution in [3.63, 3.8) is 0 Å². The average Bonchev–Trinajstić information content (AvgIpc) is 2.56.